The van der Waals surface area contributed by atoms with Crippen LogP contribution < -0.4 is 9.64 Å². The van der Waals surface area contributed by atoms with Crippen LogP contribution in [0.3, 0.4) is 0 Å². The molecule has 0 bridgehead atoms. The number of hydrogen-bond donors (Lipinski definition) is 1. The maximum absolute atomic E-state index is 11.8. The molecule has 0 spiro atoms. The second-order valence-corrected chi connectivity index (χ2v) is 4.77. The number of ether oxygens (including phenoxy) is 1. The molecular formula is C12H15NO2S. The van der Waals surface area contributed by atoms with Crippen LogP contribution in [0.5, 0.6) is 5.75 Å². The van der Waals surface area contributed by atoms with E-state index in [4.69, 9.17) is 4.74 Å². The van der Waals surface area contributed by atoms with Crippen LogP contribution in [0.25, 0.3) is 0 Å². The first-order valence-electron chi connectivity index (χ1n) is 5.25. The quantitative estimate of drug-likeness (QED) is 0.798. The molecule has 1 aliphatic heterocycles. The maximum atomic E-state index is 11.8. The van der Waals surface area contributed by atoms with Crippen LogP contribution in [0.4, 0.5) is 5.69 Å². The van der Waals surface area contributed by atoms with Crippen LogP contribution in [0.2, 0.25) is 0 Å². The highest BCUT2D eigenvalue weighted by atomic mass is 32.1. The smallest absolute Gasteiger partial charge is 0.228 e. The molecule has 3 nitrogen and oxygen atoms in total. The lowest BCUT2D eigenvalue weighted by Gasteiger charge is -2.19. The first-order valence-corrected chi connectivity index (χ1v) is 5.76. The van der Waals surface area contributed by atoms with E-state index >= 15 is 0 Å². The molecule has 4 heteroatoms. The van der Waals surface area contributed by atoms with Crippen LogP contribution in [0.1, 0.15) is 12.0 Å². The minimum absolute atomic E-state index is 0.113. The van der Waals surface area contributed by atoms with Crippen molar-refractivity contribution in [2.45, 2.75) is 18.6 Å². The Kier molecular flexibility index (Phi) is 3.10. The summed E-state index contributed by atoms with van der Waals surface area (Å²) < 4.78 is 5.30. The van der Waals surface area contributed by atoms with Crippen molar-refractivity contribution in [3.05, 3.63) is 23.8 Å². The first kappa shape index (κ1) is 11.3. The Hall–Kier alpha value is -1.16. The van der Waals surface area contributed by atoms with Gasteiger partial charge in [-0.15, -0.1) is 0 Å². The molecule has 1 aliphatic rings. The highest BCUT2D eigenvalue weighted by molar-refractivity contribution is 7.81. The van der Waals surface area contributed by atoms with Gasteiger partial charge in [0.05, 0.1) is 12.8 Å². The van der Waals surface area contributed by atoms with Gasteiger partial charge in [-0.25, -0.2) is 0 Å². The van der Waals surface area contributed by atoms with Gasteiger partial charge in [-0.3, -0.25) is 4.79 Å². The minimum Gasteiger partial charge on any atom is -0.495 e. The van der Waals surface area contributed by atoms with Crippen molar-refractivity contribution >= 4 is 24.2 Å². The summed E-state index contributed by atoms with van der Waals surface area (Å²) >= 11 is 4.34. The second kappa shape index (κ2) is 4.37. The summed E-state index contributed by atoms with van der Waals surface area (Å²) in [5, 5.41) is 0.124. The summed E-state index contributed by atoms with van der Waals surface area (Å²) in [7, 11) is 1.62. The summed E-state index contributed by atoms with van der Waals surface area (Å²) in [4.78, 5) is 13.5. The molecule has 1 fully saturated rings. The molecule has 1 aromatic rings. The number of methoxy groups -OCH3 is 1. The Bertz CT molecular complexity index is 419. The monoisotopic (exact) mass is 237 g/mol. The minimum atomic E-state index is 0.113. The Labute approximate surface area is 101 Å². The average Bonchev–Trinajstić information content (AvgIpc) is 2.57. The van der Waals surface area contributed by atoms with E-state index in [-0.39, 0.29) is 11.2 Å². The number of amides is 1. The fraction of sp³-hybridized carbons (Fsp3) is 0.417. The summed E-state index contributed by atoms with van der Waals surface area (Å²) in [6, 6.07) is 5.85. The molecule has 16 heavy (non-hydrogen) atoms. The van der Waals surface area contributed by atoms with Crippen LogP contribution >= 0.6 is 12.6 Å². The number of carbonyl (C=O) groups is 1. The lowest BCUT2D eigenvalue weighted by atomic mass is 10.2. The van der Waals surface area contributed by atoms with E-state index in [0.717, 1.165) is 17.0 Å². The third-order valence-corrected chi connectivity index (χ3v) is 3.08. The van der Waals surface area contributed by atoms with Gasteiger partial charge in [0.25, 0.3) is 0 Å². The van der Waals surface area contributed by atoms with E-state index in [1.54, 1.807) is 12.0 Å². The third kappa shape index (κ3) is 2.02. The van der Waals surface area contributed by atoms with Gasteiger partial charge in [-0.1, -0.05) is 6.07 Å². The van der Waals surface area contributed by atoms with Gasteiger partial charge in [0.2, 0.25) is 5.91 Å². The predicted molar refractivity (Wildman–Crippen MR) is 67.5 cm³/mol. The van der Waals surface area contributed by atoms with Crippen molar-refractivity contribution in [2.24, 2.45) is 0 Å². The second-order valence-electron chi connectivity index (χ2n) is 4.04. The molecule has 0 radical (unpaired) electrons. The fourth-order valence-electron chi connectivity index (χ4n) is 1.93. The lowest BCUT2D eigenvalue weighted by Crippen LogP contribution is -2.25. The molecule has 1 amide bonds. The predicted octanol–water partition coefficient (Wildman–Crippen LogP) is 2.04. The summed E-state index contributed by atoms with van der Waals surface area (Å²) in [5.74, 6) is 0.859. The van der Waals surface area contributed by atoms with E-state index < -0.39 is 0 Å². The number of carbonyl (C=O) groups excluding carboxylic acids is 1. The van der Waals surface area contributed by atoms with Crippen molar-refractivity contribution in [1.82, 2.24) is 0 Å². The molecule has 1 aromatic carbocycles. The van der Waals surface area contributed by atoms with Crippen molar-refractivity contribution < 1.29 is 9.53 Å². The van der Waals surface area contributed by atoms with E-state index in [2.05, 4.69) is 12.6 Å². The number of rotatable bonds is 2. The van der Waals surface area contributed by atoms with Gasteiger partial charge in [-0.05, 0) is 24.6 Å². The third-order valence-electron chi connectivity index (χ3n) is 2.73. The van der Waals surface area contributed by atoms with Gasteiger partial charge in [0.1, 0.15) is 5.75 Å². The van der Waals surface area contributed by atoms with Crippen LogP contribution in [-0.4, -0.2) is 24.8 Å². The van der Waals surface area contributed by atoms with Crippen molar-refractivity contribution in [1.29, 1.82) is 0 Å². The number of hydrogen-bond acceptors (Lipinski definition) is 3. The average molecular weight is 237 g/mol. The van der Waals surface area contributed by atoms with Crippen molar-refractivity contribution in [3.8, 4) is 5.75 Å². The molecule has 2 rings (SSSR count). The van der Waals surface area contributed by atoms with Gasteiger partial charge in [0.15, 0.2) is 0 Å². The van der Waals surface area contributed by atoms with Gasteiger partial charge < -0.3 is 9.64 Å². The normalized spacial score (nSPS) is 20.3. The van der Waals surface area contributed by atoms with Gasteiger partial charge in [-0.2, -0.15) is 12.6 Å². The van der Waals surface area contributed by atoms with E-state index in [9.17, 15) is 4.79 Å². The zero-order valence-corrected chi connectivity index (χ0v) is 10.3. The Morgan fingerprint density at radius 2 is 2.25 bits per heavy atom. The topological polar surface area (TPSA) is 29.5 Å². The molecule has 0 saturated carbocycles. The van der Waals surface area contributed by atoms with Gasteiger partial charge in [0, 0.05) is 18.2 Å². The molecule has 0 aromatic heterocycles. The van der Waals surface area contributed by atoms with E-state index in [0.29, 0.717) is 13.0 Å². The molecule has 86 valence electrons. The SMILES string of the molecule is COc1cc(C)ccc1N1CC(S)CC1=O. The number of aryl methyl sites for hydroxylation is 1. The molecule has 1 saturated heterocycles. The molecule has 0 N–H and O–H groups in total. The lowest BCUT2D eigenvalue weighted by molar-refractivity contribution is -0.117. The molecule has 0 aliphatic carbocycles. The summed E-state index contributed by atoms with van der Waals surface area (Å²) in [6.07, 6.45) is 0.500. The Balaban J connectivity index is 2.36. The fourth-order valence-corrected chi connectivity index (χ4v) is 2.25. The number of benzene rings is 1. The van der Waals surface area contributed by atoms with Crippen molar-refractivity contribution in [3.63, 3.8) is 0 Å². The zero-order chi connectivity index (χ0) is 11.7. The summed E-state index contributed by atoms with van der Waals surface area (Å²) in [6.45, 7) is 2.65. The molecule has 1 atom stereocenters. The summed E-state index contributed by atoms with van der Waals surface area (Å²) in [5.41, 5.74) is 1.96. The maximum Gasteiger partial charge on any atom is 0.228 e. The first-order chi connectivity index (χ1) is 7.61. The largest absolute Gasteiger partial charge is 0.495 e. The number of anilines is 1. The van der Waals surface area contributed by atoms with E-state index in [1.165, 1.54) is 0 Å². The van der Waals surface area contributed by atoms with Crippen LogP contribution in [0.15, 0.2) is 18.2 Å². The standard InChI is InChI=1S/C12H15NO2S/c1-8-3-4-10(11(5-8)15-2)13-7-9(16)6-12(13)14/h3-5,9,16H,6-7H2,1-2H3. The zero-order valence-electron chi connectivity index (χ0n) is 9.43. The number of thiol groups is 1. The molecule has 1 unspecified atom stereocenters. The Morgan fingerprint density at radius 1 is 1.50 bits per heavy atom. The van der Waals surface area contributed by atoms with Crippen molar-refractivity contribution in [2.75, 3.05) is 18.6 Å². The Morgan fingerprint density at radius 3 is 2.81 bits per heavy atom. The van der Waals surface area contributed by atoms with E-state index in [1.807, 2.05) is 25.1 Å². The number of nitrogens with zero attached hydrogens (tertiary/aromatic N) is 1. The van der Waals surface area contributed by atoms with Crippen LogP contribution in [-0.2, 0) is 4.79 Å². The highest BCUT2D eigenvalue weighted by Gasteiger charge is 2.29. The van der Waals surface area contributed by atoms with Gasteiger partial charge >= 0.3 is 0 Å². The molecular weight excluding hydrogens is 222 g/mol. The molecule has 1 heterocycles. The van der Waals surface area contributed by atoms with Crippen LogP contribution in [0, 0.1) is 6.92 Å². The highest BCUT2D eigenvalue weighted by Crippen LogP contribution is 2.33.